The maximum absolute atomic E-state index is 12.4. The number of hydrogen-bond donors (Lipinski definition) is 1. The number of thiazole rings is 2. The molecule has 8 heteroatoms. The van der Waals surface area contributed by atoms with Gasteiger partial charge in [0.05, 0.1) is 22.3 Å². The van der Waals surface area contributed by atoms with Crippen LogP contribution < -0.4 is 5.32 Å². The highest BCUT2D eigenvalue weighted by Crippen LogP contribution is 2.29. The molecule has 2 aromatic carbocycles. The molecular formula is C20H16ClN3OS3. The summed E-state index contributed by atoms with van der Waals surface area (Å²) < 4.78 is 2.02. The van der Waals surface area contributed by atoms with E-state index >= 15 is 0 Å². The largest absolute Gasteiger partial charge is 0.302 e. The Morgan fingerprint density at radius 2 is 2.07 bits per heavy atom. The van der Waals surface area contributed by atoms with Gasteiger partial charge in [-0.05, 0) is 36.2 Å². The summed E-state index contributed by atoms with van der Waals surface area (Å²) in [6, 6.07) is 13.8. The predicted molar refractivity (Wildman–Crippen MR) is 120 cm³/mol. The number of thioether (sulfide) groups is 1. The molecule has 0 aliphatic rings. The van der Waals surface area contributed by atoms with E-state index in [1.165, 1.54) is 11.3 Å². The third-order valence-corrected chi connectivity index (χ3v) is 7.30. The number of aryl methyl sites for hydroxylation is 1. The van der Waals surface area contributed by atoms with Crippen molar-refractivity contribution < 1.29 is 4.79 Å². The van der Waals surface area contributed by atoms with Gasteiger partial charge in [0.25, 0.3) is 0 Å². The Balaban J connectivity index is 1.35. The van der Waals surface area contributed by atoms with E-state index in [0.29, 0.717) is 5.13 Å². The van der Waals surface area contributed by atoms with Crippen LogP contribution in [0.2, 0.25) is 5.02 Å². The fourth-order valence-electron chi connectivity index (χ4n) is 2.68. The van der Waals surface area contributed by atoms with Crippen LogP contribution in [-0.2, 0) is 17.0 Å². The summed E-state index contributed by atoms with van der Waals surface area (Å²) in [7, 11) is 0. The molecule has 0 aliphatic carbocycles. The summed E-state index contributed by atoms with van der Waals surface area (Å²) in [4.78, 5) is 21.4. The first kappa shape index (κ1) is 19.4. The standard InChI is InChI=1S/C20H16ClN3OS3/c1-12-4-2-7-16-18(12)24-19(28-16)23-17(25)9-15-11-27-20(22-15)26-10-13-5-3-6-14(21)8-13/h2-8,11H,9-10H2,1H3,(H,23,24,25). The molecule has 0 aliphatic heterocycles. The minimum Gasteiger partial charge on any atom is -0.302 e. The van der Waals surface area contributed by atoms with Gasteiger partial charge in [0.15, 0.2) is 5.13 Å². The number of halogens is 1. The van der Waals surface area contributed by atoms with Crippen molar-refractivity contribution in [1.82, 2.24) is 9.97 Å². The van der Waals surface area contributed by atoms with E-state index in [9.17, 15) is 4.79 Å². The van der Waals surface area contributed by atoms with E-state index < -0.39 is 0 Å². The Bertz CT molecular complexity index is 1140. The highest BCUT2D eigenvalue weighted by Gasteiger charge is 2.12. The zero-order valence-corrected chi connectivity index (χ0v) is 18.1. The zero-order chi connectivity index (χ0) is 19.5. The summed E-state index contributed by atoms with van der Waals surface area (Å²) in [5.41, 5.74) is 3.97. The first-order valence-electron chi connectivity index (χ1n) is 8.54. The molecule has 2 aromatic heterocycles. The van der Waals surface area contributed by atoms with Crippen LogP contribution in [0.3, 0.4) is 0 Å². The number of carbonyl (C=O) groups excluding carboxylic acids is 1. The number of nitrogens with one attached hydrogen (secondary N) is 1. The zero-order valence-electron chi connectivity index (χ0n) is 14.9. The molecule has 4 aromatic rings. The van der Waals surface area contributed by atoms with E-state index in [1.807, 2.05) is 54.8 Å². The maximum Gasteiger partial charge on any atom is 0.232 e. The average Bonchev–Trinajstić information content (AvgIpc) is 3.27. The summed E-state index contributed by atoms with van der Waals surface area (Å²) in [6.07, 6.45) is 0.239. The number of para-hydroxylation sites is 1. The van der Waals surface area contributed by atoms with Gasteiger partial charge in [0.2, 0.25) is 5.91 Å². The SMILES string of the molecule is Cc1cccc2sc(NC(=O)Cc3csc(SCc4cccc(Cl)c4)n3)nc12. The monoisotopic (exact) mass is 445 g/mol. The first-order valence-corrected chi connectivity index (χ1v) is 11.6. The molecular weight excluding hydrogens is 430 g/mol. The Kier molecular flexibility index (Phi) is 5.96. The maximum atomic E-state index is 12.4. The van der Waals surface area contributed by atoms with Gasteiger partial charge in [-0.2, -0.15) is 0 Å². The number of anilines is 1. The van der Waals surface area contributed by atoms with Crippen molar-refractivity contribution in [3.8, 4) is 0 Å². The lowest BCUT2D eigenvalue weighted by Gasteiger charge is -2.00. The van der Waals surface area contributed by atoms with Crippen LogP contribution in [0.5, 0.6) is 0 Å². The molecule has 0 saturated heterocycles. The number of aromatic nitrogens is 2. The Hall–Kier alpha value is -1.93. The highest BCUT2D eigenvalue weighted by atomic mass is 35.5. The summed E-state index contributed by atoms with van der Waals surface area (Å²) >= 11 is 10.7. The van der Waals surface area contributed by atoms with Crippen LogP contribution in [0.1, 0.15) is 16.8 Å². The van der Waals surface area contributed by atoms with Gasteiger partial charge < -0.3 is 5.32 Å². The number of hydrogen-bond acceptors (Lipinski definition) is 6. The third kappa shape index (κ3) is 4.72. The van der Waals surface area contributed by atoms with Gasteiger partial charge in [0.1, 0.15) is 4.34 Å². The number of amides is 1. The van der Waals surface area contributed by atoms with E-state index in [4.69, 9.17) is 11.6 Å². The van der Waals surface area contributed by atoms with Gasteiger partial charge in [0, 0.05) is 16.2 Å². The molecule has 1 N–H and O–H groups in total. The number of carbonyl (C=O) groups is 1. The fraction of sp³-hybridized carbons (Fsp3) is 0.150. The lowest BCUT2D eigenvalue weighted by Crippen LogP contribution is -2.14. The molecule has 28 heavy (non-hydrogen) atoms. The van der Waals surface area contributed by atoms with Crippen LogP contribution in [0.4, 0.5) is 5.13 Å². The third-order valence-electron chi connectivity index (χ3n) is 3.99. The molecule has 2 heterocycles. The predicted octanol–water partition coefficient (Wildman–Crippen LogP) is 6.19. The fourth-order valence-corrected chi connectivity index (χ4v) is 5.64. The Morgan fingerprint density at radius 3 is 2.89 bits per heavy atom. The van der Waals surface area contributed by atoms with Crippen molar-refractivity contribution >= 4 is 67.3 Å². The van der Waals surface area contributed by atoms with Crippen LogP contribution in [0.25, 0.3) is 10.2 Å². The normalized spacial score (nSPS) is 11.1. The number of benzene rings is 2. The number of nitrogens with zero attached hydrogens (tertiary/aromatic N) is 2. The first-order chi connectivity index (χ1) is 13.6. The molecule has 0 unspecified atom stereocenters. The van der Waals surface area contributed by atoms with Gasteiger partial charge in [-0.25, -0.2) is 9.97 Å². The van der Waals surface area contributed by atoms with Gasteiger partial charge >= 0.3 is 0 Å². The second-order valence-electron chi connectivity index (χ2n) is 6.19. The van der Waals surface area contributed by atoms with Crippen molar-refractivity contribution in [1.29, 1.82) is 0 Å². The lowest BCUT2D eigenvalue weighted by molar-refractivity contribution is -0.115. The molecule has 0 saturated carbocycles. The Morgan fingerprint density at radius 1 is 1.21 bits per heavy atom. The van der Waals surface area contributed by atoms with Crippen molar-refractivity contribution in [2.24, 2.45) is 0 Å². The van der Waals surface area contributed by atoms with E-state index in [1.54, 1.807) is 23.1 Å². The quantitative estimate of drug-likeness (QED) is 0.359. The molecule has 1 amide bonds. The Labute approximate surface area is 180 Å². The van der Waals surface area contributed by atoms with Crippen molar-refractivity contribution in [2.75, 3.05) is 5.32 Å². The second kappa shape index (κ2) is 8.61. The van der Waals surface area contributed by atoms with Crippen LogP contribution in [-0.4, -0.2) is 15.9 Å². The van der Waals surface area contributed by atoms with Crippen molar-refractivity contribution in [3.05, 3.63) is 69.7 Å². The highest BCUT2D eigenvalue weighted by molar-refractivity contribution is 8.00. The second-order valence-corrected chi connectivity index (χ2v) is 9.74. The van der Waals surface area contributed by atoms with Gasteiger partial charge in [-0.3, -0.25) is 4.79 Å². The molecule has 0 spiro atoms. The molecule has 142 valence electrons. The van der Waals surface area contributed by atoms with E-state index in [-0.39, 0.29) is 12.3 Å². The van der Waals surface area contributed by atoms with Crippen LogP contribution in [0.15, 0.2) is 52.2 Å². The average molecular weight is 446 g/mol. The summed E-state index contributed by atoms with van der Waals surface area (Å²) in [6.45, 7) is 2.02. The molecule has 0 atom stereocenters. The van der Waals surface area contributed by atoms with E-state index in [0.717, 1.165) is 42.2 Å². The van der Waals surface area contributed by atoms with E-state index in [2.05, 4.69) is 15.3 Å². The lowest BCUT2D eigenvalue weighted by atomic mass is 10.2. The van der Waals surface area contributed by atoms with Gasteiger partial charge in [-0.1, -0.05) is 59.0 Å². The molecule has 4 rings (SSSR count). The molecule has 4 nitrogen and oxygen atoms in total. The van der Waals surface area contributed by atoms with Crippen molar-refractivity contribution in [2.45, 2.75) is 23.4 Å². The van der Waals surface area contributed by atoms with Crippen molar-refractivity contribution in [3.63, 3.8) is 0 Å². The summed E-state index contributed by atoms with van der Waals surface area (Å²) in [5.74, 6) is 0.693. The number of fused-ring (bicyclic) bond motifs is 1. The minimum absolute atomic E-state index is 0.103. The minimum atomic E-state index is -0.103. The molecule has 0 fully saturated rings. The smallest absolute Gasteiger partial charge is 0.232 e. The van der Waals surface area contributed by atoms with Gasteiger partial charge in [-0.15, -0.1) is 11.3 Å². The number of rotatable bonds is 6. The van der Waals surface area contributed by atoms with Crippen LogP contribution >= 0.6 is 46.0 Å². The van der Waals surface area contributed by atoms with Crippen LogP contribution in [0, 0.1) is 6.92 Å². The summed E-state index contributed by atoms with van der Waals surface area (Å²) in [5, 5.41) is 6.19. The molecule has 0 bridgehead atoms. The molecule has 0 radical (unpaired) electrons. The topological polar surface area (TPSA) is 54.9 Å².